The summed E-state index contributed by atoms with van der Waals surface area (Å²) in [6.45, 7) is 9.38. The Labute approximate surface area is 162 Å². The summed E-state index contributed by atoms with van der Waals surface area (Å²) < 4.78 is 18.2. The largest absolute Gasteiger partial charge is 0.349 e. The highest BCUT2D eigenvalue weighted by molar-refractivity contribution is 7.03. The van der Waals surface area contributed by atoms with E-state index in [9.17, 15) is 14.0 Å². The van der Waals surface area contributed by atoms with E-state index in [1.165, 1.54) is 34.6 Å². The van der Waals surface area contributed by atoms with Gasteiger partial charge in [-0.05, 0) is 37.9 Å². The van der Waals surface area contributed by atoms with Crippen LogP contribution in [0.15, 0.2) is 42.3 Å². The third-order valence-corrected chi connectivity index (χ3v) is 4.78. The van der Waals surface area contributed by atoms with Crippen LogP contribution < -0.4 is 5.32 Å². The Hall–Kier alpha value is -2.61. The third kappa shape index (κ3) is 4.97. The van der Waals surface area contributed by atoms with Crippen molar-refractivity contribution in [2.24, 2.45) is 0 Å². The summed E-state index contributed by atoms with van der Waals surface area (Å²) in [4.78, 5) is 27.3. The molecule has 27 heavy (non-hydrogen) atoms. The fraction of sp³-hybridized carbons (Fsp3) is 0.368. The molecule has 0 aliphatic rings. The lowest BCUT2D eigenvalue weighted by molar-refractivity contribution is -0.127. The van der Waals surface area contributed by atoms with Crippen LogP contribution in [0.25, 0.3) is 0 Å². The predicted molar refractivity (Wildman–Crippen MR) is 103 cm³/mol. The molecular weight excluding hydrogens is 367 g/mol. The quantitative estimate of drug-likeness (QED) is 0.702. The highest BCUT2D eigenvalue weighted by Crippen LogP contribution is 2.26. The topological polar surface area (TPSA) is 75.2 Å². The Balaban J connectivity index is 2.51. The van der Waals surface area contributed by atoms with Gasteiger partial charge in [-0.3, -0.25) is 9.59 Å². The van der Waals surface area contributed by atoms with Crippen LogP contribution in [-0.4, -0.2) is 38.4 Å². The van der Waals surface area contributed by atoms with E-state index in [2.05, 4.69) is 21.5 Å². The van der Waals surface area contributed by atoms with Crippen molar-refractivity contribution in [3.05, 3.63) is 59.4 Å². The van der Waals surface area contributed by atoms with Gasteiger partial charge in [0.05, 0.1) is 0 Å². The Kier molecular flexibility index (Phi) is 6.79. The van der Waals surface area contributed by atoms with Gasteiger partial charge in [0.2, 0.25) is 5.91 Å². The molecule has 0 saturated heterocycles. The summed E-state index contributed by atoms with van der Waals surface area (Å²) in [5.74, 6) is -1.54. The van der Waals surface area contributed by atoms with Crippen LogP contribution in [0.4, 0.5) is 4.39 Å². The second kappa shape index (κ2) is 8.85. The van der Waals surface area contributed by atoms with Crippen molar-refractivity contribution in [1.82, 2.24) is 19.8 Å². The average molecular weight is 390 g/mol. The van der Waals surface area contributed by atoms with Crippen LogP contribution in [-0.2, 0) is 4.79 Å². The SMILES string of the molecule is C=CCN(C(=O)c1csnn1)[C@H](C(=O)NC(C)(C)CC)c1ccccc1F. The number of halogens is 1. The first-order valence-electron chi connectivity index (χ1n) is 8.56. The molecule has 2 rings (SSSR count). The van der Waals surface area contributed by atoms with Crippen LogP contribution in [0.5, 0.6) is 0 Å². The molecule has 1 aromatic carbocycles. The van der Waals surface area contributed by atoms with E-state index in [1.807, 2.05) is 20.8 Å². The van der Waals surface area contributed by atoms with Crippen molar-refractivity contribution < 1.29 is 14.0 Å². The zero-order valence-corrected chi connectivity index (χ0v) is 16.4. The molecule has 0 radical (unpaired) electrons. The molecule has 1 atom stereocenters. The standard InChI is InChI=1S/C19H23FN4O2S/c1-5-11-24(18(26)15-12-27-23-22-15)16(13-9-7-8-10-14(13)20)17(25)21-19(3,4)6-2/h5,7-10,12,16H,1,6,11H2,2-4H3,(H,21,25)/t16-/m0/s1. The van der Waals surface area contributed by atoms with Gasteiger partial charge in [-0.15, -0.1) is 11.7 Å². The molecule has 2 amide bonds. The number of rotatable bonds is 8. The van der Waals surface area contributed by atoms with Gasteiger partial charge in [0.25, 0.3) is 5.91 Å². The number of hydrogen-bond donors (Lipinski definition) is 1. The smallest absolute Gasteiger partial charge is 0.276 e. The number of carbonyl (C=O) groups excluding carboxylic acids is 2. The third-order valence-electron chi connectivity index (χ3n) is 4.27. The average Bonchev–Trinajstić information content (AvgIpc) is 3.16. The summed E-state index contributed by atoms with van der Waals surface area (Å²) in [7, 11) is 0. The maximum atomic E-state index is 14.6. The van der Waals surface area contributed by atoms with Gasteiger partial charge < -0.3 is 10.2 Å². The van der Waals surface area contributed by atoms with Gasteiger partial charge >= 0.3 is 0 Å². The Morgan fingerprint density at radius 2 is 2.11 bits per heavy atom. The number of nitrogens with one attached hydrogen (secondary N) is 1. The van der Waals surface area contributed by atoms with Crippen molar-refractivity contribution >= 4 is 23.3 Å². The minimum Gasteiger partial charge on any atom is -0.349 e. The normalized spacial score (nSPS) is 12.3. The molecule has 1 heterocycles. The van der Waals surface area contributed by atoms with Crippen molar-refractivity contribution in [1.29, 1.82) is 0 Å². The van der Waals surface area contributed by atoms with E-state index in [0.29, 0.717) is 6.42 Å². The molecule has 144 valence electrons. The number of aromatic nitrogens is 2. The van der Waals surface area contributed by atoms with Gasteiger partial charge in [-0.1, -0.05) is 35.7 Å². The van der Waals surface area contributed by atoms with Crippen LogP contribution in [0.2, 0.25) is 0 Å². The maximum absolute atomic E-state index is 14.6. The number of benzene rings is 1. The molecule has 8 heteroatoms. The molecule has 6 nitrogen and oxygen atoms in total. The van der Waals surface area contributed by atoms with Gasteiger partial charge in [0.15, 0.2) is 5.69 Å². The zero-order valence-electron chi connectivity index (χ0n) is 15.6. The molecule has 0 bridgehead atoms. The molecule has 0 saturated carbocycles. The number of amides is 2. The van der Waals surface area contributed by atoms with Crippen LogP contribution in [0, 0.1) is 5.82 Å². The maximum Gasteiger partial charge on any atom is 0.276 e. The Morgan fingerprint density at radius 1 is 1.41 bits per heavy atom. The minimum absolute atomic E-state index is 0.0509. The van der Waals surface area contributed by atoms with E-state index in [1.54, 1.807) is 6.07 Å². The number of hydrogen-bond acceptors (Lipinski definition) is 5. The van der Waals surface area contributed by atoms with Crippen LogP contribution in [0.3, 0.4) is 0 Å². The highest BCUT2D eigenvalue weighted by atomic mass is 32.1. The van der Waals surface area contributed by atoms with Gasteiger partial charge in [-0.2, -0.15) is 0 Å². The highest BCUT2D eigenvalue weighted by Gasteiger charge is 2.35. The lowest BCUT2D eigenvalue weighted by Gasteiger charge is -2.33. The fourth-order valence-corrected chi connectivity index (χ4v) is 2.92. The molecule has 2 aromatic rings. The summed E-state index contributed by atoms with van der Waals surface area (Å²) in [5.41, 5.74) is -0.294. The molecule has 0 aliphatic heterocycles. The van der Waals surface area contributed by atoms with Crippen molar-refractivity contribution in [3.63, 3.8) is 0 Å². The van der Waals surface area contributed by atoms with Crippen molar-refractivity contribution in [2.45, 2.75) is 38.8 Å². The number of nitrogens with zero attached hydrogens (tertiary/aromatic N) is 3. The zero-order chi connectivity index (χ0) is 20.0. The van der Waals surface area contributed by atoms with Crippen LogP contribution >= 0.6 is 11.5 Å². The first-order valence-corrected chi connectivity index (χ1v) is 9.39. The summed E-state index contributed by atoms with van der Waals surface area (Å²) in [6.07, 6.45) is 2.16. The van der Waals surface area contributed by atoms with E-state index >= 15 is 0 Å². The first kappa shape index (κ1) is 20.7. The van der Waals surface area contributed by atoms with Gasteiger partial charge in [0, 0.05) is 23.0 Å². The fourth-order valence-electron chi connectivity index (χ4n) is 2.49. The summed E-state index contributed by atoms with van der Waals surface area (Å²) in [5, 5.41) is 8.18. The Morgan fingerprint density at radius 3 is 2.67 bits per heavy atom. The molecule has 0 fully saturated rings. The van der Waals surface area contributed by atoms with E-state index < -0.39 is 29.2 Å². The predicted octanol–water partition coefficient (Wildman–Crippen LogP) is 3.35. The molecule has 1 aromatic heterocycles. The van der Waals surface area contributed by atoms with Crippen LogP contribution in [0.1, 0.15) is 49.3 Å². The first-order chi connectivity index (χ1) is 12.8. The van der Waals surface area contributed by atoms with Gasteiger partial charge in [0.1, 0.15) is 11.9 Å². The Bertz CT molecular complexity index is 808. The number of carbonyl (C=O) groups is 2. The molecule has 1 N–H and O–H groups in total. The lowest BCUT2D eigenvalue weighted by atomic mass is 9.98. The van der Waals surface area contributed by atoms with E-state index in [4.69, 9.17) is 0 Å². The second-order valence-corrected chi connectivity index (χ2v) is 7.30. The molecular formula is C19H23FN4O2S. The van der Waals surface area contributed by atoms with E-state index in [-0.39, 0.29) is 17.8 Å². The molecule has 0 aliphatic carbocycles. The molecule has 0 spiro atoms. The monoisotopic (exact) mass is 390 g/mol. The second-order valence-electron chi connectivity index (χ2n) is 6.69. The molecule has 0 unspecified atom stereocenters. The van der Waals surface area contributed by atoms with E-state index in [0.717, 1.165) is 11.5 Å². The lowest BCUT2D eigenvalue weighted by Crippen LogP contribution is -2.50. The summed E-state index contributed by atoms with van der Waals surface area (Å²) >= 11 is 1.03. The van der Waals surface area contributed by atoms with Crippen molar-refractivity contribution in [3.8, 4) is 0 Å². The minimum atomic E-state index is -1.16. The van der Waals surface area contributed by atoms with Crippen molar-refractivity contribution in [2.75, 3.05) is 6.54 Å². The van der Waals surface area contributed by atoms with Gasteiger partial charge in [-0.25, -0.2) is 4.39 Å². The summed E-state index contributed by atoms with van der Waals surface area (Å²) in [6, 6.07) is 4.77.